The van der Waals surface area contributed by atoms with E-state index in [1.807, 2.05) is 38.1 Å². The molecule has 234 valence electrons. The maximum absolute atomic E-state index is 13.7. The standard InChI is InChI=1S/C26H34F3N5O3.H3O4P/c1-16-3-4-20(31-26(36)34-6-5-18(14-34)24(27)25(28)29)13-21(16)19-11-22(30-17(2)15-35)32-23(12-19)33-7-9-37-10-8-33;1-5(2,3)4/h3-4,11-13,17-18,24-25,35H,5-10,14-15H2,1-2H3,(H,30,32)(H,31,36);(H3,1,2,3,4). The smallest absolute Gasteiger partial charge is 0.394 e. The van der Waals surface area contributed by atoms with Crippen molar-refractivity contribution in [3.05, 3.63) is 35.9 Å². The fourth-order valence-corrected chi connectivity index (χ4v) is 4.65. The number of carbonyl (C=O) groups excluding carboxylic acids is 1. The van der Waals surface area contributed by atoms with Crippen LogP contribution in [0.1, 0.15) is 18.9 Å². The number of nitrogens with zero attached hydrogens (tertiary/aromatic N) is 3. The number of hydrogen-bond donors (Lipinski definition) is 6. The molecule has 0 bridgehead atoms. The fraction of sp³-hybridized carbons (Fsp3) is 0.538. The average Bonchev–Trinajstić information content (AvgIpc) is 3.43. The summed E-state index contributed by atoms with van der Waals surface area (Å²) in [5.41, 5.74) is 3.30. The van der Waals surface area contributed by atoms with Crippen LogP contribution in [0.15, 0.2) is 30.3 Å². The highest BCUT2D eigenvalue weighted by Crippen LogP contribution is 2.32. The molecule has 12 nitrogen and oxygen atoms in total. The van der Waals surface area contributed by atoms with Crippen LogP contribution < -0.4 is 15.5 Å². The number of aryl methyl sites for hydroxylation is 1. The molecule has 1 aromatic heterocycles. The second-order valence-electron chi connectivity index (χ2n) is 10.2. The largest absolute Gasteiger partial charge is 0.466 e. The Labute approximate surface area is 241 Å². The summed E-state index contributed by atoms with van der Waals surface area (Å²) in [6.45, 7) is 6.62. The van der Waals surface area contributed by atoms with Gasteiger partial charge >= 0.3 is 13.9 Å². The Morgan fingerprint density at radius 3 is 2.43 bits per heavy atom. The molecule has 2 aromatic rings. The number of urea groups is 1. The molecular formula is C26H37F3N5O7P. The van der Waals surface area contributed by atoms with Crippen LogP contribution in [-0.2, 0) is 9.30 Å². The highest BCUT2D eigenvalue weighted by Gasteiger charge is 2.36. The van der Waals surface area contributed by atoms with Gasteiger partial charge < -0.3 is 45.0 Å². The van der Waals surface area contributed by atoms with Gasteiger partial charge in [-0.1, -0.05) is 6.07 Å². The van der Waals surface area contributed by atoms with E-state index < -0.39 is 32.4 Å². The molecule has 0 spiro atoms. The van der Waals surface area contributed by atoms with E-state index in [1.54, 1.807) is 6.07 Å². The van der Waals surface area contributed by atoms with Gasteiger partial charge in [-0.3, -0.25) is 0 Å². The number of morpholine rings is 1. The van der Waals surface area contributed by atoms with E-state index in [0.29, 0.717) is 37.8 Å². The summed E-state index contributed by atoms with van der Waals surface area (Å²) in [6.07, 6.45) is -5.07. The second-order valence-corrected chi connectivity index (χ2v) is 11.2. The highest BCUT2D eigenvalue weighted by molar-refractivity contribution is 7.45. The molecule has 0 saturated carbocycles. The number of ether oxygens (including phenoxy) is 1. The van der Waals surface area contributed by atoms with Crippen LogP contribution in [-0.4, -0.2) is 100 Å². The molecule has 0 radical (unpaired) electrons. The van der Waals surface area contributed by atoms with Gasteiger partial charge in [0, 0.05) is 43.8 Å². The van der Waals surface area contributed by atoms with Crippen LogP contribution in [0.4, 0.5) is 35.3 Å². The molecule has 2 aliphatic rings. The molecule has 42 heavy (non-hydrogen) atoms. The minimum atomic E-state index is -4.64. The summed E-state index contributed by atoms with van der Waals surface area (Å²) in [7, 11) is -4.64. The van der Waals surface area contributed by atoms with Crippen LogP contribution in [0.5, 0.6) is 0 Å². The van der Waals surface area contributed by atoms with Crippen LogP contribution in [0.3, 0.4) is 0 Å². The third-order valence-corrected chi connectivity index (χ3v) is 6.82. The minimum absolute atomic E-state index is 0.0403. The van der Waals surface area contributed by atoms with E-state index in [-0.39, 0.29) is 32.2 Å². The molecule has 2 fully saturated rings. The zero-order valence-electron chi connectivity index (χ0n) is 23.3. The van der Waals surface area contributed by atoms with Crippen molar-refractivity contribution in [2.75, 3.05) is 61.5 Å². The number of amides is 2. The third kappa shape index (κ3) is 10.1. The number of phosphoric acid groups is 1. The number of rotatable bonds is 8. The number of anilines is 3. The Bertz CT molecular complexity index is 1240. The maximum atomic E-state index is 13.7. The molecule has 2 aliphatic heterocycles. The lowest BCUT2D eigenvalue weighted by molar-refractivity contribution is 0.0192. The molecule has 16 heteroatoms. The van der Waals surface area contributed by atoms with Crippen molar-refractivity contribution in [2.24, 2.45) is 5.92 Å². The number of aliphatic hydroxyl groups excluding tert-OH is 1. The number of benzene rings is 1. The van der Waals surface area contributed by atoms with Crippen LogP contribution >= 0.6 is 7.82 Å². The number of pyridine rings is 1. The second kappa shape index (κ2) is 15.0. The number of likely N-dealkylation sites (tertiary alicyclic amines) is 1. The van der Waals surface area contributed by atoms with Gasteiger partial charge in [-0.25, -0.2) is 27.5 Å². The highest BCUT2D eigenvalue weighted by atomic mass is 31.2. The molecule has 4 rings (SSSR count). The molecular weight excluding hydrogens is 582 g/mol. The van der Waals surface area contributed by atoms with Gasteiger partial charge in [0.05, 0.1) is 19.8 Å². The quantitative estimate of drug-likeness (QED) is 0.242. The number of hydrogen-bond acceptors (Lipinski definition) is 7. The monoisotopic (exact) mass is 619 g/mol. The summed E-state index contributed by atoms with van der Waals surface area (Å²) < 4.78 is 53.6. The van der Waals surface area contributed by atoms with Gasteiger partial charge in [-0.2, -0.15) is 0 Å². The molecule has 6 N–H and O–H groups in total. The van der Waals surface area contributed by atoms with E-state index >= 15 is 0 Å². The lowest BCUT2D eigenvalue weighted by Gasteiger charge is -2.29. The molecule has 1 aromatic carbocycles. The predicted octanol–water partition coefficient (Wildman–Crippen LogP) is 3.21. The lowest BCUT2D eigenvalue weighted by atomic mass is 10.00. The van der Waals surface area contributed by atoms with Gasteiger partial charge in [-0.05, 0) is 61.2 Å². The zero-order valence-corrected chi connectivity index (χ0v) is 24.2. The first-order chi connectivity index (χ1) is 19.7. The Kier molecular flexibility index (Phi) is 12.0. The SMILES string of the molecule is Cc1ccc(NC(=O)N2CCC(C(F)C(F)F)C2)cc1-c1cc(NC(C)CO)nc(N2CCOCC2)c1.O=P(O)(O)O. The topological polar surface area (TPSA) is 168 Å². The van der Waals surface area contributed by atoms with E-state index in [0.717, 1.165) is 22.5 Å². The summed E-state index contributed by atoms with van der Waals surface area (Å²) in [6, 6.07) is 8.79. The fourth-order valence-electron chi connectivity index (χ4n) is 4.65. The van der Waals surface area contributed by atoms with Gasteiger partial charge in [0.1, 0.15) is 11.6 Å². The van der Waals surface area contributed by atoms with Crippen molar-refractivity contribution in [1.82, 2.24) is 9.88 Å². The number of halogens is 3. The molecule has 2 saturated heterocycles. The summed E-state index contributed by atoms with van der Waals surface area (Å²) >= 11 is 0. The minimum Gasteiger partial charge on any atom is -0.394 e. The van der Waals surface area contributed by atoms with Crippen molar-refractivity contribution in [3.8, 4) is 11.1 Å². The molecule has 0 aliphatic carbocycles. The van der Waals surface area contributed by atoms with Crippen molar-refractivity contribution in [2.45, 2.75) is 38.9 Å². The van der Waals surface area contributed by atoms with E-state index in [4.69, 9.17) is 29.0 Å². The van der Waals surface area contributed by atoms with Crippen LogP contribution in [0.2, 0.25) is 0 Å². The first-order valence-corrected chi connectivity index (χ1v) is 14.9. The maximum Gasteiger partial charge on any atom is 0.466 e. The molecule has 3 atom stereocenters. The molecule has 3 unspecified atom stereocenters. The Hall–Kier alpha value is -2.94. The lowest BCUT2D eigenvalue weighted by Crippen LogP contribution is -2.37. The van der Waals surface area contributed by atoms with Crippen molar-refractivity contribution in [3.63, 3.8) is 0 Å². The first-order valence-electron chi connectivity index (χ1n) is 13.3. The normalized spacial score (nSPS) is 18.8. The predicted molar refractivity (Wildman–Crippen MR) is 151 cm³/mol. The number of carbonyl (C=O) groups is 1. The zero-order chi connectivity index (χ0) is 31.0. The first kappa shape index (κ1) is 33.6. The summed E-state index contributed by atoms with van der Waals surface area (Å²) in [5, 5.41) is 15.6. The van der Waals surface area contributed by atoms with Gasteiger partial charge in [0.2, 0.25) is 0 Å². The van der Waals surface area contributed by atoms with E-state index in [9.17, 15) is 23.1 Å². The Morgan fingerprint density at radius 1 is 1.14 bits per heavy atom. The Balaban J connectivity index is 0.000000892. The van der Waals surface area contributed by atoms with Crippen LogP contribution in [0.25, 0.3) is 11.1 Å². The van der Waals surface area contributed by atoms with Gasteiger partial charge in [0.15, 0.2) is 6.17 Å². The molecule has 3 heterocycles. The number of nitrogens with one attached hydrogen (secondary N) is 2. The van der Waals surface area contributed by atoms with Gasteiger partial charge in [-0.15, -0.1) is 0 Å². The van der Waals surface area contributed by atoms with Gasteiger partial charge in [0.25, 0.3) is 6.43 Å². The number of aromatic nitrogens is 1. The molecule has 2 amide bonds. The third-order valence-electron chi connectivity index (χ3n) is 6.82. The van der Waals surface area contributed by atoms with Crippen molar-refractivity contribution >= 4 is 31.2 Å². The van der Waals surface area contributed by atoms with E-state index in [2.05, 4.69) is 15.5 Å². The summed E-state index contributed by atoms with van der Waals surface area (Å²) in [4.78, 5) is 42.6. The van der Waals surface area contributed by atoms with Crippen molar-refractivity contribution in [1.29, 1.82) is 0 Å². The Morgan fingerprint density at radius 2 is 1.81 bits per heavy atom. The van der Waals surface area contributed by atoms with Crippen LogP contribution in [0, 0.1) is 12.8 Å². The summed E-state index contributed by atoms with van der Waals surface area (Å²) in [5.74, 6) is 0.546. The number of aliphatic hydroxyl groups is 1. The average molecular weight is 620 g/mol. The van der Waals surface area contributed by atoms with E-state index in [1.165, 1.54) is 4.90 Å². The van der Waals surface area contributed by atoms with Crippen molar-refractivity contribution < 1.29 is 47.1 Å². The number of alkyl halides is 3.